The minimum absolute atomic E-state index is 0.461. The van der Waals surface area contributed by atoms with Gasteiger partial charge in [-0.05, 0) is 31.0 Å². The van der Waals surface area contributed by atoms with Crippen LogP contribution in [-0.4, -0.2) is 6.04 Å². The number of nitriles is 1. The highest BCUT2D eigenvalue weighted by molar-refractivity contribution is 9.10. The summed E-state index contributed by atoms with van der Waals surface area (Å²) in [6, 6.07) is 8.48. The average Bonchev–Trinajstić information content (AvgIpc) is 2.35. The molecule has 92 valence electrons. The molecule has 0 heterocycles. The maximum atomic E-state index is 9.09. The Labute approximate surface area is 112 Å². The Bertz CT molecular complexity index is 396. The summed E-state index contributed by atoms with van der Waals surface area (Å²) in [5.74, 6) is 0. The molecule has 17 heavy (non-hydrogen) atoms. The fraction of sp³-hybridized carbons (Fsp3) is 0.500. The van der Waals surface area contributed by atoms with Crippen LogP contribution in [0, 0.1) is 11.3 Å². The Kier molecular flexibility index (Phi) is 6.07. The van der Waals surface area contributed by atoms with E-state index in [1.54, 1.807) is 0 Å². The minimum atomic E-state index is 0.461. The smallest absolute Gasteiger partial charge is 0.101 e. The highest BCUT2D eigenvalue weighted by Crippen LogP contribution is 2.22. The maximum absolute atomic E-state index is 9.09. The number of unbranched alkanes of at least 4 members (excludes halogenated alkanes) is 1. The molecule has 1 unspecified atom stereocenters. The molecule has 0 saturated heterocycles. The fourth-order valence-corrected chi connectivity index (χ4v) is 2.14. The van der Waals surface area contributed by atoms with Crippen molar-refractivity contribution < 1.29 is 0 Å². The van der Waals surface area contributed by atoms with Crippen LogP contribution in [-0.2, 0) is 0 Å². The van der Waals surface area contributed by atoms with Crippen molar-refractivity contribution in [1.82, 2.24) is 0 Å². The van der Waals surface area contributed by atoms with Gasteiger partial charge in [0.15, 0.2) is 0 Å². The van der Waals surface area contributed by atoms with E-state index < -0.39 is 0 Å². The molecule has 0 radical (unpaired) electrons. The van der Waals surface area contributed by atoms with Crippen LogP contribution in [0.1, 0.15) is 45.1 Å². The SMILES string of the molecule is CCCCC(CC)Nc1ccc(Br)cc1C#N. The average molecular weight is 295 g/mol. The zero-order valence-electron chi connectivity index (χ0n) is 10.5. The largest absolute Gasteiger partial charge is 0.381 e. The van der Waals surface area contributed by atoms with Crippen molar-refractivity contribution in [2.45, 2.75) is 45.6 Å². The Morgan fingerprint density at radius 3 is 2.76 bits per heavy atom. The van der Waals surface area contributed by atoms with Crippen molar-refractivity contribution in [3.8, 4) is 6.07 Å². The van der Waals surface area contributed by atoms with Gasteiger partial charge in [-0.15, -0.1) is 0 Å². The molecule has 1 aromatic rings. The third kappa shape index (κ3) is 4.40. The third-order valence-electron chi connectivity index (χ3n) is 2.86. The van der Waals surface area contributed by atoms with Crippen LogP contribution in [0.3, 0.4) is 0 Å². The molecule has 0 saturated carbocycles. The summed E-state index contributed by atoms with van der Waals surface area (Å²) in [5.41, 5.74) is 1.65. The molecule has 0 aromatic heterocycles. The van der Waals surface area contributed by atoms with Gasteiger partial charge < -0.3 is 5.32 Å². The molecule has 1 atom stereocenters. The number of hydrogen-bond acceptors (Lipinski definition) is 2. The lowest BCUT2D eigenvalue weighted by Crippen LogP contribution is -2.18. The second kappa shape index (κ2) is 7.34. The molecule has 0 amide bonds. The minimum Gasteiger partial charge on any atom is -0.381 e. The normalized spacial score (nSPS) is 11.9. The van der Waals surface area contributed by atoms with Crippen molar-refractivity contribution in [3.05, 3.63) is 28.2 Å². The molecular formula is C14H19BrN2. The quantitative estimate of drug-likeness (QED) is 0.825. The number of nitrogens with zero attached hydrogens (tertiary/aromatic N) is 1. The van der Waals surface area contributed by atoms with E-state index in [4.69, 9.17) is 5.26 Å². The number of benzene rings is 1. The lowest BCUT2D eigenvalue weighted by Gasteiger charge is -2.18. The van der Waals surface area contributed by atoms with E-state index in [9.17, 15) is 0 Å². The highest BCUT2D eigenvalue weighted by Gasteiger charge is 2.08. The molecule has 2 nitrogen and oxygen atoms in total. The standard InChI is InChI=1S/C14H19BrN2/c1-3-5-6-13(4-2)17-14-8-7-12(15)9-11(14)10-16/h7-9,13,17H,3-6H2,1-2H3. The first-order valence-corrected chi connectivity index (χ1v) is 6.96. The summed E-state index contributed by atoms with van der Waals surface area (Å²) in [4.78, 5) is 0. The van der Waals surface area contributed by atoms with Gasteiger partial charge in [0.1, 0.15) is 6.07 Å². The molecule has 3 heteroatoms. The van der Waals surface area contributed by atoms with Crippen LogP contribution in [0.4, 0.5) is 5.69 Å². The second-order valence-corrected chi connectivity index (χ2v) is 5.11. The lowest BCUT2D eigenvalue weighted by molar-refractivity contribution is 0.593. The van der Waals surface area contributed by atoms with Gasteiger partial charge in [-0.25, -0.2) is 0 Å². The van der Waals surface area contributed by atoms with Gasteiger partial charge in [0.25, 0.3) is 0 Å². The highest BCUT2D eigenvalue weighted by atomic mass is 79.9. The predicted octanol–water partition coefficient (Wildman–Crippen LogP) is 4.70. The number of nitrogens with one attached hydrogen (secondary N) is 1. The predicted molar refractivity (Wildman–Crippen MR) is 76.1 cm³/mol. The van der Waals surface area contributed by atoms with Gasteiger partial charge >= 0.3 is 0 Å². The summed E-state index contributed by atoms with van der Waals surface area (Å²) in [6.07, 6.45) is 4.68. The van der Waals surface area contributed by atoms with Gasteiger partial charge in [0, 0.05) is 10.5 Å². The monoisotopic (exact) mass is 294 g/mol. The number of halogens is 1. The summed E-state index contributed by atoms with van der Waals surface area (Å²) >= 11 is 3.38. The third-order valence-corrected chi connectivity index (χ3v) is 3.35. The van der Waals surface area contributed by atoms with Crippen molar-refractivity contribution in [3.63, 3.8) is 0 Å². The van der Waals surface area contributed by atoms with Crippen molar-refractivity contribution >= 4 is 21.6 Å². The first-order chi connectivity index (χ1) is 8.21. The molecule has 1 N–H and O–H groups in total. The van der Waals surface area contributed by atoms with Gasteiger partial charge in [0.05, 0.1) is 11.3 Å². The van der Waals surface area contributed by atoms with Gasteiger partial charge in [-0.3, -0.25) is 0 Å². The molecule has 0 bridgehead atoms. The molecule has 1 aromatic carbocycles. The Morgan fingerprint density at radius 1 is 1.41 bits per heavy atom. The molecule has 0 aliphatic heterocycles. The van der Waals surface area contributed by atoms with Crippen LogP contribution in [0.15, 0.2) is 22.7 Å². The summed E-state index contributed by atoms with van der Waals surface area (Å²) < 4.78 is 0.946. The molecular weight excluding hydrogens is 276 g/mol. The Hall–Kier alpha value is -1.01. The molecule has 1 rings (SSSR count). The van der Waals surface area contributed by atoms with E-state index in [0.29, 0.717) is 11.6 Å². The first kappa shape index (κ1) is 14.1. The fourth-order valence-electron chi connectivity index (χ4n) is 1.78. The van der Waals surface area contributed by atoms with Gasteiger partial charge in [-0.2, -0.15) is 5.26 Å². The first-order valence-electron chi connectivity index (χ1n) is 6.17. The number of rotatable bonds is 6. The second-order valence-electron chi connectivity index (χ2n) is 4.19. The Morgan fingerprint density at radius 2 is 2.18 bits per heavy atom. The van der Waals surface area contributed by atoms with Crippen LogP contribution < -0.4 is 5.32 Å². The van der Waals surface area contributed by atoms with Crippen molar-refractivity contribution in [2.75, 3.05) is 5.32 Å². The molecule has 0 spiro atoms. The summed E-state index contributed by atoms with van der Waals surface area (Å²) in [7, 11) is 0. The van der Waals surface area contributed by atoms with Crippen LogP contribution in [0.2, 0.25) is 0 Å². The number of hydrogen-bond donors (Lipinski definition) is 1. The van der Waals surface area contributed by atoms with Crippen molar-refractivity contribution in [2.24, 2.45) is 0 Å². The zero-order chi connectivity index (χ0) is 12.7. The zero-order valence-corrected chi connectivity index (χ0v) is 12.0. The lowest BCUT2D eigenvalue weighted by atomic mass is 10.1. The van der Waals surface area contributed by atoms with Crippen LogP contribution in [0.25, 0.3) is 0 Å². The van der Waals surface area contributed by atoms with E-state index in [2.05, 4.69) is 41.2 Å². The summed E-state index contributed by atoms with van der Waals surface area (Å²) in [5, 5.41) is 12.6. The van der Waals surface area contributed by atoms with Crippen molar-refractivity contribution in [1.29, 1.82) is 5.26 Å². The van der Waals surface area contributed by atoms with E-state index >= 15 is 0 Å². The van der Waals surface area contributed by atoms with Gasteiger partial charge in [0.2, 0.25) is 0 Å². The van der Waals surface area contributed by atoms with Crippen LogP contribution in [0.5, 0.6) is 0 Å². The van der Waals surface area contributed by atoms with E-state index in [1.807, 2.05) is 18.2 Å². The number of anilines is 1. The maximum Gasteiger partial charge on any atom is 0.101 e. The summed E-state index contributed by atoms with van der Waals surface area (Å²) in [6.45, 7) is 4.38. The van der Waals surface area contributed by atoms with E-state index in [0.717, 1.165) is 23.0 Å². The van der Waals surface area contributed by atoms with E-state index in [-0.39, 0.29) is 0 Å². The molecule has 0 aliphatic carbocycles. The molecule has 0 fully saturated rings. The van der Waals surface area contributed by atoms with Crippen LogP contribution >= 0.6 is 15.9 Å². The van der Waals surface area contributed by atoms with E-state index in [1.165, 1.54) is 12.8 Å². The van der Waals surface area contributed by atoms with Gasteiger partial charge in [-0.1, -0.05) is 42.6 Å². The Balaban J connectivity index is 2.75. The topological polar surface area (TPSA) is 35.8 Å². The molecule has 0 aliphatic rings.